The lowest BCUT2D eigenvalue weighted by Gasteiger charge is -2.10. The molecule has 25 heavy (non-hydrogen) atoms. The number of carbonyl (C=O) groups excluding carboxylic acids is 2. The number of thiophene rings is 2. The van der Waals surface area contributed by atoms with Gasteiger partial charge in [-0.1, -0.05) is 29.8 Å². The average Bonchev–Trinajstić information content (AvgIpc) is 3.29. The molecule has 0 aliphatic heterocycles. The van der Waals surface area contributed by atoms with Crippen molar-refractivity contribution in [3.8, 4) is 0 Å². The average molecular weight is 368 g/mol. The SMILES string of the molecule is Cc1ccc(NC(=O)/C(=C/c2cccs2)NC(=O)c2cccs2)cc1. The lowest BCUT2D eigenvalue weighted by molar-refractivity contribution is -0.113. The van der Waals surface area contributed by atoms with Crippen LogP contribution < -0.4 is 10.6 Å². The molecule has 6 heteroatoms. The van der Waals surface area contributed by atoms with Crippen molar-refractivity contribution in [3.05, 3.63) is 80.3 Å². The third-order valence-electron chi connectivity index (χ3n) is 3.38. The summed E-state index contributed by atoms with van der Waals surface area (Å²) in [6.45, 7) is 1.98. The summed E-state index contributed by atoms with van der Waals surface area (Å²) in [4.78, 5) is 26.4. The molecule has 0 bridgehead atoms. The number of nitrogens with one attached hydrogen (secondary N) is 2. The van der Waals surface area contributed by atoms with E-state index >= 15 is 0 Å². The first-order valence-corrected chi connectivity index (χ1v) is 9.36. The van der Waals surface area contributed by atoms with E-state index in [0.29, 0.717) is 10.6 Å². The molecule has 0 aliphatic rings. The van der Waals surface area contributed by atoms with Crippen molar-refractivity contribution in [2.45, 2.75) is 6.92 Å². The monoisotopic (exact) mass is 368 g/mol. The van der Waals surface area contributed by atoms with Gasteiger partial charge in [-0.25, -0.2) is 0 Å². The molecule has 0 spiro atoms. The second kappa shape index (κ2) is 7.92. The first-order valence-electron chi connectivity index (χ1n) is 7.60. The molecule has 126 valence electrons. The topological polar surface area (TPSA) is 58.2 Å². The number of rotatable bonds is 5. The normalized spacial score (nSPS) is 11.2. The summed E-state index contributed by atoms with van der Waals surface area (Å²) in [5.74, 6) is -0.654. The third-order valence-corrected chi connectivity index (χ3v) is 5.06. The third kappa shape index (κ3) is 4.65. The van der Waals surface area contributed by atoms with Gasteiger partial charge in [0.15, 0.2) is 0 Å². The van der Waals surface area contributed by atoms with Gasteiger partial charge < -0.3 is 10.6 Å². The number of carbonyl (C=O) groups is 2. The molecule has 2 N–H and O–H groups in total. The maximum atomic E-state index is 12.6. The van der Waals surface area contributed by atoms with E-state index in [1.165, 1.54) is 22.7 Å². The predicted molar refractivity (Wildman–Crippen MR) is 104 cm³/mol. The highest BCUT2D eigenvalue weighted by Gasteiger charge is 2.15. The number of aryl methyl sites for hydroxylation is 1. The molecule has 4 nitrogen and oxygen atoms in total. The maximum Gasteiger partial charge on any atom is 0.272 e. The zero-order chi connectivity index (χ0) is 17.6. The minimum Gasteiger partial charge on any atom is -0.321 e. The molecule has 2 heterocycles. The van der Waals surface area contributed by atoms with Crippen molar-refractivity contribution < 1.29 is 9.59 Å². The van der Waals surface area contributed by atoms with Crippen LogP contribution in [0.5, 0.6) is 0 Å². The van der Waals surface area contributed by atoms with Crippen molar-refractivity contribution in [1.29, 1.82) is 0 Å². The summed E-state index contributed by atoms with van der Waals surface area (Å²) in [5.41, 5.74) is 2.00. The Bertz CT molecular complexity index is 880. The Balaban J connectivity index is 1.81. The van der Waals surface area contributed by atoms with Gasteiger partial charge in [0.25, 0.3) is 11.8 Å². The van der Waals surface area contributed by atoms with E-state index in [-0.39, 0.29) is 17.5 Å². The van der Waals surface area contributed by atoms with Crippen LogP contribution in [-0.4, -0.2) is 11.8 Å². The van der Waals surface area contributed by atoms with E-state index < -0.39 is 0 Å². The Morgan fingerprint density at radius 2 is 1.68 bits per heavy atom. The Morgan fingerprint density at radius 1 is 0.960 bits per heavy atom. The lowest BCUT2D eigenvalue weighted by atomic mass is 10.2. The molecule has 0 unspecified atom stereocenters. The summed E-state index contributed by atoms with van der Waals surface area (Å²) in [7, 11) is 0. The van der Waals surface area contributed by atoms with Crippen LogP contribution in [0.25, 0.3) is 6.08 Å². The summed E-state index contributed by atoms with van der Waals surface area (Å²) in [5, 5.41) is 9.28. The molecule has 0 saturated carbocycles. The molecule has 0 atom stereocenters. The van der Waals surface area contributed by atoms with E-state index in [2.05, 4.69) is 10.6 Å². The highest BCUT2D eigenvalue weighted by Crippen LogP contribution is 2.16. The van der Waals surface area contributed by atoms with Gasteiger partial charge in [0.2, 0.25) is 0 Å². The number of hydrogen-bond donors (Lipinski definition) is 2. The van der Waals surface area contributed by atoms with Gasteiger partial charge in [0.05, 0.1) is 4.88 Å². The maximum absolute atomic E-state index is 12.6. The van der Waals surface area contributed by atoms with E-state index in [1.54, 1.807) is 18.2 Å². The van der Waals surface area contributed by atoms with Gasteiger partial charge in [-0.05, 0) is 48.0 Å². The summed E-state index contributed by atoms with van der Waals surface area (Å²) >= 11 is 2.83. The van der Waals surface area contributed by atoms with Crippen LogP contribution in [0.1, 0.15) is 20.1 Å². The molecule has 0 fully saturated rings. The van der Waals surface area contributed by atoms with Crippen LogP contribution >= 0.6 is 22.7 Å². The van der Waals surface area contributed by atoms with Crippen LogP contribution in [0.2, 0.25) is 0 Å². The minimum absolute atomic E-state index is 0.210. The van der Waals surface area contributed by atoms with Crippen molar-refractivity contribution in [3.63, 3.8) is 0 Å². The first-order chi connectivity index (χ1) is 12.1. The zero-order valence-corrected chi connectivity index (χ0v) is 15.1. The van der Waals surface area contributed by atoms with E-state index in [1.807, 2.05) is 54.1 Å². The smallest absolute Gasteiger partial charge is 0.272 e. The Kier molecular flexibility index (Phi) is 5.42. The second-order valence-corrected chi connectivity index (χ2v) is 7.25. The molecule has 0 aliphatic carbocycles. The van der Waals surface area contributed by atoms with Gasteiger partial charge in [-0.3, -0.25) is 9.59 Å². The van der Waals surface area contributed by atoms with Gasteiger partial charge in [-0.15, -0.1) is 22.7 Å². The quantitative estimate of drug-likeness (QED) is 0.650. The number of hydrogen-bond acceptors (Lipinski definition) is 4. The number of anilines is 1. The molecule has 2 aromatic heterocycles. The van der Waals surface area contributed by atoms with Crippen molar-refractivity contribution >= 4 is 46.3 Å². The van der Waals surface area contributed by atoms with Crippen molar-refractivity contribution in [1.82, 2.24) is 5.32 Å². The van der Waals surface area contributed by atoms with Crippen LogP contribution in [0.15, 0.2) is 65.0 Å². The molecule has 2 amide bonds. The number of amides is 2. The Morgan fingerprint density at radius 3 is 2.32 bits per heavy atom. The lowest BCUT2D eigenvalue weighted by Crippen LogP contribution is -2.30. The fourth-order valence-electron chi connectivity index (χ4n) is 2.10. The summed E-state index contributed by atoms with van der Waals surface area (Å²) < 4.78 is 0. The molecule has 3 rings (SSSR count). The Hall–Kier alpha value is -2.70. The minimum atomic E-state index is -0.359. The van der Waals surface area contributed by atoms with Gasteiger partial charge in [0.1, 0.15) is 5.70 Å². The molecule has 0 radical (unpaired) electrons. The van der Waals surface area contributed by atoms with Crippen LogP contribution in [0, 0.1) is 6.92 Å². The molecule has 0 saturated heterocycles. The second-order valence-electron chi connectivity index (χ2n) is 5.33. The van der Waals surface area contributed by atoms with Crippen LogP contribution in [0.3, 0.4) is 0 Å². The van der Waals surface area contributed by atoms with E-state index in [9.17, 15) is 9.59 Å². The van der Waals surface area contributed by atoms with Gasteiger partial charge >= 0.3 is 0 Å². The van der Waals surface area contributed by atoms with E-state index in [4.69, 9.17) is 0 Å². The highest BCUT2D eigenvalue weighted by molar-refractivity contribution is 7.12. The predicted octanol–water partition coefficient (Wildman–Crippen LogP) is 4.53. The van der Waals surface area contributed by atoms with E-state index in [0.717, 1.165) is 10.4 Å². The fourth-order valence-corrected chi connectivity index (χ4v) is 3.38. The number of benzene rings is 1. The zero-order valence-electron chi connectivity index (χ0n) is 13.5. The van der Waals surface area contributed by atoms with Crippen molar-refractivity contribution in [2.24, 2.45) is 0 Å². The molecule has 3 aromatic rings. The fraction of sp³-hybridized carbons (Fsp3) is 0.0526. The first kappa shape index (κ1) is 17.1. The standard InChI is InChI=1S/C19H16N2O2S2/c1-13-6-8-14(9-7-13)20-18(22)16(12-15-4-2-10-24-15)21-19(23)17-5-3-11-25-17/h2-12H,1H3,(H,20,22)(H,21,23)/b16-12-. The van der Waals surface area contributed by atoms with Crippen LogP contribution in [-0.2, 0) is 4.79 Å². The van der Waals surface area contributed by atoms with Crippen molar-refractivity contribution in [2.75, 3.05) is 5.32 Å². The largest absolute Gasteiger partial charge is 0.321 e. The van der Waals surface area contributed by atoms with Gasteiger partial charge in [-0.2, -0.15) is 0 Å². The Labute approximate surface area is 153 Å². The molecule has 1 aromatic carbocycles. The molecular weight excluding hydrogens is 352 g/mol. The summed E-state index contributed by atoms with van der Waals surface area (Å²) in [6.07, 6.45) is 1.68. The summed E-state index contributed by atoms with van der Waals surface area (Å²) in [6, 6.07) is 14.8. The van der Waals surface area contributed by atoms with Crippen LogP contribution in [0.4, 0.5) is 5.69 Å². The molecular formula is C19H16N2O2S2. The van der Waals surface area contributed by atoms with Gasteiger partial charge in [0, 0.05) is 10.6 Å². The highest BCUT2D eigenvalue weighted by atomic mass is 32.1.